The van der Waals surface area contributed by atoms with Gasteiger partial charge in [0.1, 0.15) is 10.6 Å². The van der Waals surface area contributed by atoms with Crippen LogP contribution >= 0.6 is 11.3 Å². The van der Waals surface area contributed by atoms with Crippen molar-refractivity contribution in [3.8, 4) is 0 Å². The molecule has 1 aliphatic rings. The van der Waals surface area contributed by atoms with E-state index in [-0.39, 0.29) is 10.9 Å². The molecule has 3 rings (SSSR count). The third-order valence-electron chi connectivity index (χ3n) is 4.33. The van der Waals surface area contributed by atoms with Gasteiger partial charge in [0.05, 0.1) is 6.04 Å². The summed E-state index contributed by atoms with van der Waals surface area (Å²) in [5, 5.41) is 3.82. The normalized spacial score (nSPS) is 20.6. The summed E-state index contributed by atoms with van der Waals surface area (Å²) >= 11 is 1.68. The molecule has 1 aliphatic heterocycles. The van der Waals surface area contributed by atoms with E-state index in [0.29, 0.717) is 18.0 Å². The zero-order valence-corrected chi connectivity index (χ0v) is 15.3. The highest BCUT2D eigenvalue weighted by Crippen LogP contribution is 2.38. The van der Waals surface area contributed by atoms with Gasteiger partial charge in [-0.3, -0.25) is 0 Å². The predicted octanol–water partition coefficient (Wildman–Crippen LogP) is 3.97. The van der Waals surface area contributed by atoms with Crippen LogP contribution in [0.1, 0.15) is 52.9 Å². The van der Waals surface area contributed by atoms with Gasteiger partial charge < -0.3 is 4.52 Å². The van der Waals surface area contributed by atoms with E-state index in [1.54, 1.807) is 29.5 Å². The van der Waals surface area contributed by atoms with Crippen LogP contribution in [0, 0.1) is 20.8 Å². The van der Waals surface area contributed by atoms with Crippen molar-refractivity contribution in [3.05, 3.63) is 33.3 Å². The number of aromatic nitrogens is 1. The Labute approximate surface area is 141 Å². The highest BCUT2D eigenvalue weighted by atomic mass is 32.2. The molecule has 0 radical (unpaired) electrons. The highest BCUT2D eigenvalue weighted by Gasteiger charge is 2.37. The van der Waals surface area contributed by atoms with E-state index in [4.69, 9.17) is 4.52 Å². The Morgan fingerprint density at radius 3 is 2.61 bits per heavy atom. The molecule has 5 nitrogen and oxygen atoms in total. The standard InChI is InChI=1S/C16H22N2O3S2/c1-11-8-9-15(22-11)14-7-5-4-6-10-18(14)23(19,20)16-12(2)17-21-13(16)3/h8-9,14H,4-7,10H2,1-3H3/t14-/m1/s1. The summed E-state index contributed by atoms with van der Waals surface area (Å²) in [6.07, 6.45) is 3.87. The molecule has 1 atom stereocenters. The van der Waals surface area contributed by atoms with Crippen LogP contribution in [0.2, 0.25) is 0 Å². The molecule has 0 bridgehead atoms. The molecule has 2 aromatic heterocycles. The summed E-state index contributed by atoms with van der Waals surface area (Å²) in [6, 6.07) is 4.03. The lowest BCUT2D eigenvalue weighted by Crippen LogP contribution is -2.35. The third kappa shape index (κ3) is 3.09. The fraction of sp³-hybridized carbons (Fsp3) is 0.562. The lowest BCUT2D eigenvalue weighted by molar-refractivity contribution is 0.331. The molecule has 3 heterocycles. The minimum atomic E-state index is -3.61. The van der Waals surface area contributed by atoms with Gasteiger partial charge in [-0.1, -0.05) is 18.0 Å². The Hall–Kier alpha value is -1.18. The van der Waals surface area contributed by atoms with Crippen molar-refractivity contribution < 1.29 is 12.9 Å². The van der Waals surface area contributed by atoms with E-state index >= 15 is 0 Å². The molecule has 0 unspecified atom stereocenters. The van der Waals surface area contributed by atoms with Gasteiger partial charge in [0.25, 0.3) is 0 Å². The minimum absolute atomic E-state index is 0.0881. The van der Waals surface area contributed by atoms with Crippen LogP contribution < -0.4 is 0 Å². The van der Waals surface area contributed by atoms with Gasteiger partial charge in [0.15, 0.2) is 5.76 Å². The average Bonchev–Trinajstić information content (AvgIpc) is 2.96. The molecular formula is C16H22N2O3S2. The first-order valence-electron chi connectivity index (χ1n) is 7.92. The first kappa shape index (κ1) is 16.7. The van der Waals surface area contributed by atoms with Crippen LogP contribution in [0.25, 0.3) is 0 Å². The van der Waals surface area contributed by atoms with Gasteiger partial charge >= 0.3 is 0 Å². The van der Waals surface area contributed by atoms with Gasteiger partial charge in [0, 0.05) is 16.3 Å². The Morgan fingerprint density at radius 1 is 1.22 bits per heavy atom. The van der Waals surface area contributed by atoms with Crippen molar-refractivity contribution in [2.24, 2.45) is 0 Å². The van der Waals surface area contributed by atoms with Crippen LogP contribution in [0.5, 0.6) is 0 Å². The second-order valence-electron chi connectivity index (χ2n) is 6.08. The maximum absolute atomic E-state index is 13.3. The topological polar surface area (TPSA) is 63.4 Å². The number of hydrogen-bond donors (Lipinski definition) is 0. The van der Waals surface area contributed by atoms with E-state index in [1.165, 1.54) is 4.88 Å². The first-order chi connectivity index (χ1) is 10.9. The van der Waals surface area contributed by atoms with Crippen LogP contribution in [0.15, 0.2) is 21.6 Å². The summed E-state index contributed by atoms with van der Waals surface area (Å²) in [6.45, 7) is 5.95. The molecule has 0 amide bonds. The summed E-state index contributed by atoms with van der Waals surface area (Å²) < 4.78 is 33.3. The number of aryl methyl sites for hydroxylation is 3. The van der Waals surface area contributed by atoms with Crippen LogP contribution in [0.4, 0.5) is 0 Å². The van der Waals surface area contributed by atoms with Gasteiger partial charge in [0.2, 0.25) is 10.0 Å². The molecule has 7 heteroatoms. The molecule has 126 valence electrons. The SMILES string of the molecule is Cc1ccc([C@H]2CCCCCN2S(=O)(=O)c2c(C)noc2C)s1. The molecule has 23 heavy (non-hydrogen) atoms. The number of thiophene rings is 1. The Balaban J connectivity index is 2.06. The van der Waals surface area contributed by atoms with Crippen molar-refractivity contribution in [1.29, 1.82) is 0 Å². The molecule has 0 aliphatic carbocycles. The van der Waals surface area contributed by atoms with E-state index in [1.807, 2.05) is 0 Å². The number of rotatable bonds is 3. The van der Waals surface area contributed by atoms with Crippen molar-refractivity contribution in [1.82, 2.24) is 9.46 Å². The van der Waals surface area contributed by atoms with Gasteiger partial charge in [-0.25, -0.2) is 8.42 Å². The highest BCUT2D eigenvalue weighted by molar-refractivity contribution is 7.89. The first-order valence-corrected chi connectivity index (χ1v) is 10.2. The van der Waals surface area contributed by atoms with Crippen molar-refractivity contribution in [3.63, 3.8) is 0 Å². The number of sulfonamides is 1. The molecule has 0 saturated carbocycles. The zero-order valence-electron chi connectivity index (χ0n) is 13.7. The fourth-order valence-electron chi connectivity index (χ4n) is 3.25. The summed E-state index contributed by atoms with van der Waals surface area (Å²) in [4.78, 5) is 2.57. The third-order valence-corrected chi connectivity index (χ3v) is 7.58. The molecular weight excluding hydrogens is 332 g/mol. The average molecular weight is 354 g/mol. The van der Waals surface area contributed by atoms with Crippen LogP contribution in [-0.4, -0.2) is 24.4 Å². The zero-order chi connectivity index (χ0) is 16.6. The monoisotopic (exact) mass is 354 g/mol. The molecule has 1 fully saturated rings. The molecule has 0 aromatic carbocycles. The molecule has 1 saturated heterocycles. The largest absolute Gasteiger partial charge is 0.360 e. The maximum Gasteiger partial charge on any atom is 0.249 e. The smallest absolute Gasteiger partial charge is 0.249 e. The van der Waals surface area contributed by atoms with Gasteiger partial charge in [-0.05, 0) is 45.7 Å². The quantitative estimate of drug-likeness (QED) is 0.837. The van der Waals surface area contributed by atoms with E-state index in [9.17, 15) is 8.42 Å². The Kier molecular flexibility index (Phi) is 4.62. The summed E-state index contributed by atoms with van der Waals surface area (Å²) in [7, 11) is -3.61. The minimum Gasteiger partial charge on any atom is -0.360 e. The Morgan fingerprint density at radius 2 is 2.00 bits per heavy atom. The van der Waals surface area contributed by atoms with Crippen molar-refractivity contribution in [2.45, 2.75) is 57.4 Å². The molecule has 2 aromatic rings. The van der Waals surface area contributed by atoms with E-state index < -0.39 is 10.0 Å². The van der Waals surface area contributed by atoms with Gasteiger partial charge in [-0.2, -0.15) is 4.31 Å². The second kappa shape index (κ2) is 6.37. The number of nitrogens with zero attached hydrogens (tertiary/aromatic N) is 2. The van der Waals surface area contributed by atoms with Gasteiger partial charge in [-0.15, -0.1) is 11.3 Å². The fourth-order valence-corrected chi connectivity index (χ4v) is 6.31. The summed E-state index contributed by atoms with van der Waals surface area (Å²) in [5.41, 5.74) is 0.438. The lowest BCUT2D eigenvalue weighted by Gasteiger charge is -2.28. The second-order valence-corrected chi connectivity index (χ2v) is 9.23. The van der Waals surface area contributed by atoms with Crippen molar-refractivity contribution >= 4 is 21.4 Å². The maximum atomic E-state index is 13.3. The van der Waals surface area contributed by atoms with Crippen LogP contribution in [0.3, 0.4) is 0 Å². The molecule has 0 N–H and O–H groups in total. The lowest BCUT2D eigenvalue weighted by atomic mass is 10.1. The summed E-state index contributed by atoms with van der Waals surface area (Å²) in [5.74, 6) is 0.368. The van der Waals surface area contributed by atoms with E-state index in [2.05, 4.69) is 24.2 Å². The van der Waals surface area contributed by atoms with E-state index in [0.717, 1.165) is 30.6 Å². The molecule has 0 spiro atoms. The predicted molar refractivity (Wildman–Crippen MR) is 90.1 cm³/mol. The van der Waals surface area contributed by atoms with Crippen molar-refractivity contribution in [2.75, 3.05) is 6.54 Å². The van der Waals surface area contributed by atoms with Crippen LogP contribution in [-0.2, 0) is 10.0 Å². The Bertz CT molecular complexity index is 773. The number of hydrogen-bond acceptors (Lipinski definition) is 5.